The predicted octanol–water partition coefficient (Wildman–Crippen LogP) is 3.35. The molecular formula is C6H3ClF3NS. The molecule has 0 unspecified atom stereocenters. The minimum atomic E-state index is -4.29. The SMILES string of the molecule is FC(F)(F)Sc1ccc(Cl)cn1. The summed E-state index contributed by atoms with van der Waals surface area (Å²) in [6.07, 6.45) is 1.18. The molecule has 12 heavy (non-hydrogen) atoms. The molecule has 1 rings (SSSR count). The van der Waals surface area contributed by atoms with E-state index >= 15 is 0 Å². The Morgan fingerprint density at radius 2 is 2.00 bits per heavy atom. The van der Waals surface area contributed by atoms with Gasteiger partial charge in [-0.2, -0.15) is 13.2 Å². The van der Waals surface area contributed by atoms with E-state index in [9.17, 15) is 13.2 Å². The molecule has 0 fully saturated rings. The summed E-state index contributed by atoms with van der Waals surface area (Å²) in [6.45, 7) is 0. The first-order valence-corrected chi connectivity index (χ1v) is 4.04. The van der Waals surface area contributed by atoms with E-state index in [1.807, 2.05) is 0 Å². The number of hydrogen-bond donors (Lipinski definition) is 0. The minimum absolute atomic E-state index is 0.105. The number of nitrogens with zero attached hydrogens (tertiary/aromatic N) is 1. The highest BCUT2D eigenvalue weighted by molar-refractivity contribution is 8.00. The molecule has 0 bridgehead atoms. The van der Waals surface area contributed by atoms with Crippen molar-refractivity contribution in [3.8, 4) is 0 Å². The lowest BCUT2D eigenvalue weighted by molar-refractivity contribution is -0.0329. The van der Waals surface area contributed by atoms with Crippen LogP contribution in [0.2, 0.25) is 5.02 Å². The molecule has 0 spiro atoms. The smallest absolute Gasteiger partial charge is 0.248 e. The van der Waals surface area contributed by atoms with Gasteiger partial charge in [-0.05, 0) is 12.1 Å². The standard InChI is InChI=1S/C6H3ClF3NS/c7-4-1-2-5(11-3-4)12-6(8,9)10/h1-3H. The number of hydrogen-bond acceptors (Lipinski definition) is 2. The van der Waals surface area contributed by atoms with E-state index in [1.54, 1.807) is 0 Å². The van der Waals surface area contributed by atoms with Gasteiger partial charge in [0.05, 0.1) is 5.02 Å². The van der Waals surface area contributed by atoms with Crippen LogP contribution in [0, 0.1) is 0 Å². The number of alkyl halides is 3. The maximum absolute atomic E-state index is 11.7. The highest BCUT2D eigenvalue weighted by Gasteiger charge is 2.29. The maximum atomic E-state index is 11.7. The number of rotatable bonds is 1. The monoisotopic (exact) mass is 213 g/mol. The molecule has 0 aliphatic heterocycles. The second-order valence-electron chi connectivity index (χ2n) is 1.86. The van der Waals surface area contributed by atoms with Crippen LogP contribution in [0.25, 0.3) is 0 Å². The Morgan fingerprint density at radius 1 is 1.33 bits per heavy atom. The molecule has 0 atom stereocenters. The van der Waals surface area contributed by atoms with Crippen LogP contribution in [-0.4, -0.2) is 10.5 Å². The van der Waals surface area contributed by atoms with E-state index in [0.29, 0.717) is 5.02 Å². The Labute approximate surface area is 75.9 Å². The van der Waals surface area contributed by atoms with Crippen LogP contribution in [0.3, 0.4) is 0 Å². The van der Waals surface area contributed by atoms with Gasteiger partial charge in [-0.1, -0.05) is 11.6 Å². The van der Waals surface area contributed by atoms with Crippen LogP contribution in [0.15, 0.2) is 23.4 Å². The van der Waals surface area contributed by atoms with Crippen LogP contribution < -0.4 is 0 Å². The van der Waals surface area contributed by atoms with Crippen molar-refractivity contribution in [1.29, 1.82) is 0 Å². The van der Waals surface area contributed by atoms with E-state index in [0.717, 1.165) is 0 Å². The molecule has 0 saturated carbocycles. The zero-order valence-corrected chi connectivity index (χ0v) is 7.17. The zero-order chi connectivity index (χ0) is 9.19. The summed E-state index contributed by atoms with van der Waals surface area (Å²) in [5, 5.41) is 0.216. The third-order valence-electron chi connectivity index (χ3n) is 0.921. The lowest BCUT2D eigenvalue weighted by Gasteiger charge is -2.03. The number of halogens is 4. The van der Waals surface area contributed by atoms with Gasteiger partial charge < -0.3 is 0 Å². The fourth-order valence-electron chi connectivity index (χ4n) is 0.541. The predicted molar refractivity (Wildman–Crippen MR) is 41.2 cm³/mol. The number of thioether (sulfide) groups is 1. The summed E-state index contributed by atoms with van der Waals surface area (Å²) in [5.41, 5.74) is -4.29. The van der Waals surface area contributed by atoms with Gasteiger partial charge in [-0.15, -0.1) is 0 Å². The van der Waals surface area contributed by atoms with Gasteiger partial charge in [0, 0.05) is 18.0 Å². The van der Waals surface area contributed by atoms with E-state index < -0.39 is 5.51 Å². The molecule has 66 valence electrons. The molecule has 0 N–H and O–H groups in total. The first-order chi connectivity index (χ1) is 5.47. The van der Waals surface area contributed by atoms with E-state index in [2.05, 4.69) is 4.98 Å². The van der Waals surface area contributed by atoms with Crippen molar-refractivity contribution in [2.24, 2.45) is 0 Å². The Kier molecular flexibility index (Phi) is 2.85. The second-order valence-corrected chi connectivity index (χ2v) is 3.38. The normalized spacial score (nSPS) is 11.7. The van der Waals surface area contributed by atoms with Gasteiger partial charge in [0.25, 0.3) is 0 Å². The first kappa shape index (κ1) is 9.67. The highest BCUT2D eigenvalue weighted by Crippen LogP contribution is 2.35. The van der Waals surface area contributed by atoms with Crippen molar-refractivity contribution >= 4 is 23.4 Å². The first-order valence-electron chi connectivity index (χ1n) is 2.85. The van der Waals surface area contributed by atoms with Gasteiger partial charge >= 0.3 is 5.51 Å². The van der Waals surface area contributed by atoms with Gasteiger partial charge in [-0.3, -0.25) is 0 Å². The third kappa shape index (κ3) is 3.32. The molecule has 1 aromatic heterocycles. The van der Waals surface area contributed by atoms with Gasteiger partial charge in [0.2, 0.25) is 0 Å². The van der Waals surface area contributed by atoms with Crippen LogP contribution >= 0.6 is 23.4 Å². The van der Waals surface area contributed by atoms with Crippen molar-refractivity contribution in [1.82, 2.24) is 4.98 Å². The van der Waals surface area contributed by atoms with Crippen molar-refractivity contribution in [3.05, 3.63) is 23.4 Å². The Hall–Kier alpha value is -0.420. The molecule has 0 radical (unpaired) electrons. The summed E-state index contributed by atoms with van der Waals surface area (Å²) in [4.78, 5) is 3.47. The molecular weight excluding hydrogens is 211 g/mol. The molecule has 0 amide bonds. The minimum Gasteiger partial charge on any atom is -0.248 e. The van der Waals surface area contributed by atoms with Gasteiger partial charge in [0.1, 0.15) is 5.03 Å². The summed E-state index contributed by atoms with van der Waals surface area (Å²) in [7, 11) is 0. The Balaban J connectivity index is 2.71. The molecule has 0 aromatic carbocycles. The number of aromatic nitrogens is 1. The van der Waals surface area contributed by atoms with Crippen molar-refractivity contribution in [2.45, 2.75) is 10.5 Å². The summed E-state index contributed by atoms with van der Waals surface area (Å²) >= 11 is 5.17. The van der Waals surface area contributed by atoms with Gasteiger partial charge in [0.15, 0.2) is 0 Å². The molecule has 6 heteroatoms. The third-order valence-corrected chi connectivity index (χ3v) is 1.83. The quantitative estimate of drug-likeness (QED) is 0.664. The topological polar surface area (TPSA) is 12.9 Å². The summed E-state index contributed by atoms with van der Waals surface area (Å²) in [6, 6.07) is 2.59. The molecule has 1 aromatic rings. The van der Waals surface area contributed by atoms with Crippen molar-refractivity contribution < 1.29 is 13.2 Å². The Bertz CT molecular complexity index is 258. The molecule has 0 saturated heterocycles. The molecule has 0 aliphatic carbocycles. The van der Waals surface area contributed by atoms with E-state index in [4.69, 9.17) is 11.6 Å². The summed E-state index contributed by atoms with van der Waals surface area (Å²) in [5.74, 6) is 0. The average Bonchev–Trinajstić information content (AvgIpc) is 1.91. The largest absolute Gasteiger partial charge is 0.447 e. The highest BCUT2D eigenvalue weighted by atomic mass is 35.5. The average molecular weight is 214 g/mol. The van der Waals surface area contributed by atoms with Crippen LogP contribution in [0.5, 0.6) is 0 Å². The zero-order valence-electron chi connectivity index (χ0n) is 5.60. The fraction of sp³-hybridized carbons (Fsp3) is 0.167. The maximum Gasteiger partial charge on any atom is 0.447 e. The van der Waals surface area contributed by atoms with E-state index in [-0.39, 0.29) is 16.8 Å². The number of pyridine rings is 1. The van der Waals surface area contributed by atoms with Crippen LogP contribution in [0.1, 0.15) is 0 Å². The van der Waals surface area contributed by atoms with Crippen molar-refractivity contribution in [3.63, 3.8) is 0 Å². The Morgan fingerprint density at radius 3 is 2.42 bits per heavy atom. The summed E-state index contributed by atoms with van der Waals surface area (Å²) < 4.78 is 35.2. The second kappa shape index (κ2) is 3.53. The van der Waals surface area contributed by atoms with Crippen molar-refractivity contribution in [2.75, 3.05) is 0 Å². The molecule has 1 heterocycles. The van der Waals surface area contributed by atoms with Crippen LogP contribution in [-0.2, 0) is 0 Å². The lowest BCUT2D eigenvalue weighted by atomic mass is 10.5. The van der Waals surface area contributed by atoms with E-state index in [1.165, 1.54) is 18.3 Å². The molecule has 1 nitrogen and oxygen atoms in total. The van der Waals surface area contributed by atoms with Crippen LogP contribution in [0.4, 0.5) is 13.2 Å². The molecule has 0 aliphatic rings. The fourth-order valence-corrected chi connectivity index (χ4v) is 1.13. The lowest BCUT2D eigenvalue weighted by Crippen LogP contribution is -1.99. The van der Waals surface area contributed by atoms with Gasteiger partial charge in [-0.25, -0.2) is 4.98 Å².